The fourth-order valence-corrected chi connectivity index (χ4v) is 2.03. The second-order valence-corrected chi connectivity index (χ2v) is 5.72. The summed E-state index contributed by atoms with van der Waals surface area (Å²) in [5, 5.41) is 5.29. The van der Waals surface area contributed by atoms with Gasteiger partial charge in [-0.2, -0.15) is 0 Å². The number of pyridine rings is 1. The van der Waals surface area contributed by atoms with Gasteiger partial charge in [-0.15, -0.1) is 24.8 Å². The molecular weight excluding hydrogens is 379 g/mol. The number of rotatable bonds is 7. The lowest BCUT2D eigenvalue weighted by atomic mass is 10.1. The van der Waals surface area contributed by atoms with E-state index in [1.807, 2.05) is 19.9 Å². The molecule has 0 saturated carbocycles. The van der Waals surface area contributed by atoms with Crippen molar-refractivity contribution in [1.82, 2.24) is 25.2 Å². The van der Waals surface area contributed by atoms with Crippen molar-refractivity contribution in [3.8, 4) is 5.82 Å². The van der Waals surface area contributed by atoms with E-state index in [9.17, 15) is 9.59 Å². The molecule has 0 aliphatic heterocycles. The standard InChI is InChI=1S/C16H22N6O2.2ClH/c1-11(2)14(17)16(24)21-9-13(23)20-8-12-4-3-5-19-15(12)22-7-6-18-10-22;;/h3-7,10-11,14H,8-9,17H2,1-2H3,(H,20,23)(H,21,24);2*1H/t14-;;/m0../s1. The molecule has 0 bridgehead atoms. The van der Waals surface area contributed by atoms with Gasteiger partial charge in [-0.1, -0.05) is 19.9 Å². The highest BCUT2D eigenvalue weighted by atomic mass is 35.5. The number of aromatic nitrogens is 3. The van der Waals surface area contributed by atoms with E-state index in [1.54, 1.807) is 35.6 Å². The zero-order valence-electron chi connectivity index (χ0n) is 14.6. The van der Waals surface area contributed by atoms with Gasteiger partial charge in [0.25, 0.3) is 0 Å². The molecule has 10 heteroatoms. The molecule has 0 saturated heterocycles. The maximum absolute atomic E-state index is 11.9. The second-order valence-electron chi connectivity index (χ2n) is 5.72. The van der Waals surface area contributed by atoms with Crippen molar-refractivity contribution in [2.75, 3.05) is 6.54 Å². The Hall–Kier alpha value is -2.16. The highest BCUT2D eigenvalue weighted by molar-refractivity contribution is 5.87. The number of nitrogens with one attached hydrogen (secondary N) is 2. The van der Waals surface area contributed by atoms with E-state index in [4.69, 9.17) is 5.73 Å². The van der Waals surface area contributed by atoms with E-state index in [1.165, 1.54) is 0 Å². The molecule has 144 valence electrons. The van der Waals surface area contributed by atoms with Crippen LogP contribution >= 0.6 is 24.8 Å². The van der Waals surface area contributed by atoms with E-state index in [0.29, 0.717) is 12.4 Å². The summed E-state index contributed by atoms with van der Waals surface area (Å²) in [4.78, 5) is 31.9. The molecular formula is C16H24Cl2N6O2. The van der Waals surface area contributed by atoms with Crippen LogP contribution in [-0.2, 0) is 16.1 Å². The maximum Gasteiger partial charge on any atom is 0.239 e. The lowest BCUT2D eigenvalue weighted by Gasteiger charge is -2.15. The number of carbonyl (C=O) groups is 2. The Bertz CT molecular complexity index is 694. The number of nitrogens with zero attached hydrogens (tertiary/aromatic N) is 3. The normalized spacial score (nSPS) is 11.1. The van der Waals surface area contributed by atoms with Crippen molar-refractivity contribution in [2.45, 2.75) is 26.4 Å². The molecule has 2 amide bonds. The number of halogens is 2. The van der Waals surface area contributed by atoms with Crippen LogP contribution in [-0.4, -0.2) is 38.9 Å². The Balaban J connectivity index is 0.00000312. The summed E-state index contributed by atoms with van der Waals surface area (Å²) >= 11 is 0. The Morgan fingerprint density at radius 3 is 2.58 bits per heavy atom. The second kappa shape index (κ2) is 11.5. The minimum absolute atomic E-state index is 0. The van der Waals surface area contributed by atoms with Gasteiger partial charge in [0.15, 0.2) is 0 Å². The minimum atomic E-state index is -0.621. The molecule has 8 nitrogen and oxygen atoms in total. The van der Waals surface area contributed by atoms with Crippen LogP contribution in [0.2, 0.25) is 0 Å². The van der Waals surface area contributed by atoms with Crippen LogP contribution in [0.4, 0.5) is 0 Å². The van der Waals surface area contributed by atoms with Gasteiger partial charge in [0, 0.05) is 30.7 Å². The first-order valence-corrected chi connectivity index (χ1v) is 7.71. The Kier molecular flexibility index (Phi) is 10.5. The van der Waals surface area contributed by atoms with Gasteiger partial charge in [0.05, 0.1) is 12.6 Å². The first-order chi connectivity index (χ1) is 11.5. The molecule has 0 radical (unpaired) electrons. The lowest BCUT2D eigenvalue weighted by Crippen LogP contribution is -2.47. The number of hydrogen-bond donors (Lipinski definition) is 3. The zero-order chi connectivity index (χ0) is 17.5. The van der Waals surface area contributed by atoms with Crippen LogP contribution in [0, 0.1) is 5.92 Å². The van der Waals surface area contributed by atoms with Crippen LogP contribution in [0.3, 0.4) is 0 Å². The van der Waals surface area contributed by atoms with Crippen molar-refractivity contribution in [3.63, 3.8) is 0 Å². The van der Waals surface area contributed by atoms with Gasteiger partial charge >= 0.3 is 0 Å². The Labute approximate surface area is 164 Å². The summed E-state index contributed by atoms with van der Waals surface area (Å²) in [5.74, 6) is 0.0859. The number of amides is 2. The highest BCUT2D eigenvalue weighted by Gasteiger charge is 2.17. The van der Waals surface area contributed by atoms with E-state index >= 15 is 0 Å². The largest absolute Gasteiger partial charge is 0.350 e. The van der Waals surface area contributed by atoms with Gasteiger partial charge in [-0.05, 0) is 12.0 Å². The molecule has 2 heterocycles. The average Bonchev–Trinajstić information content (AvgIpc) is 3.11. The fraction of sp³-hybridized carbons (Fsp3) is 0.375. The molecule has 0 aromatic carbocycles. The van der Waals surface area contributed by atoms with Crippen molar-refractivity contribution in [3.05, 3.63) is 42.6 Å². The third-order valence-electron chi connectivity index (χ3n) is 3.54. The molecule has 2 rings (SSSR count). The van der Waals surface area contributed by atoms with Gasteiger partial charge < -0.3 is 16.4 Å². The van der Waals surface area contributed by atoms with Crippen molar-refractivity contribution in [2.24, 2.45) is 11.7 Å². The first kappa shape index (κ1) is 23.8. The van der Waals surface area contributed by atoms with E-state index in [0.717, 1.165) is 5.56 Å². The molecule has 0 spiro atoms. The van der Waals surface area contributed by atoms with E-state index < -0.39 is 6.04 Å². The van der Waals surface area contributed by atoms with Gasteiger partial charge in [-0.3, -0.25) is 14.2 Å². The summed E-state index contributed by atoms with van der Waals surface area (Å²) in [7, 11) is 0. The molecule has 4 N–H and O–H groups in total. The molecule has 0 fully saturated rings. The van der Waals surface area contributed by atoms with E-state index in [-0.39, 0.29) is 49.1 Å². The fourth-order valence-electron chi connectivity index (χ4n) is 2.03. The summed E-state index contributed by atoms with van der Waals surface area (Å²) in [6.07, 6.45) is 6.75. The van der Waals surface area contributed by atoms with Gasteiger partial charge in [0.2, 0.25) is 11.8 Å². The number of imidazole rings is 1. The molecule has 2 aromatic rings. The SMILES string of the molecule is CC(C)[C@H](N)C(=O)NCC(=O)NCc1cccnc1-n1ccnc1.Cl.Cl. The summed E-state index contributed by atoms with van der Waals surface area (Å²) < 4.78 is 1.77. The molecule has 2 aromatic heterocycles. The van der Waals surface area contributed by atoms with Crippen molar-refractivity contribution in [1.29, 1.82) is 0 Å². The number of hydrogen-bond acceptors (Lipinski definition) is 5. The highest BCUT2D eigenvalue weighted by Crippen LogP contribution is 2.10. The summed E-state index contributed by atoms with van der Waals surface area (Å²) in [6.45, 7) is 3.89. The lowest BCUT2D eigenvalue weighted by molar-refractivity contribution is -0.127. The average molecular weight is 403 g/mol. The van der Waals surface area contributed by atoms with E-state index in [2.05, 4.69) is 20.6 Å². The monoisotopic (exact) mass is 402 g/mol. The van der Waals surface area contributed by atoms with Crippen LogP contribution < -0.4 is 16.4 Å². The molecule has 0 aliphatic carbocycles. The Morgan fingerprint density at radius 1 is 1.23 bits per heavy atom. The summed E-state index contributed by atoms with van der Waals surface area (Å²) in [6, 6.07) is 3.05. The topological polar surface area (TPSA) is 115 Å². The summed E-state index contributed by atoms with van der Waals surface area (Å²) in [5.41, 5.74) is 6.57. The quantitative estimate of drug-likeness (QED) is 0.634. The predicted molar refractivity (Wildman–Crippen MR) is 104 cm³/mol. The third-order valence-corrected chi connectivity index (χ3v) is 3.54. The zero-order valence-corrected chi connectivity index (χ0v) is 16.2. The maximum atomic E-state index is 11.9. The molecule has 0 aliphatic rings. The van der Waals surface area contributed by atoms with Crippen LogP contribution in [0.1, 0.15) is 19.4 Å². The molecule has 1 atom stereocenters. The van der Waals surface area contributed by atoms with Crippen LogP contribution in [0.5, 0.6) is 0 Å². The minimum Gasteiger partial charge on any atom is -0.350 e. The Morgan fingerprint density at radius 2 is 1.96 bits per heavy atom. The van der Waals surface area contributed by atoms with Crippen LogP contribution in [0.15, 0.2) is 37.1 Å². The predicted octanol–water partition coefficient (Wildman–Crippen LogP) is 0.827. The third kappa shape index (κ3) is 6.62. The molecule has 0 unspecified atom stereocenters. The van der Waals surface area contributed by atoms with Crippen molar-refractivity contribution >= 4 is 36.6 Å². The van der Waals surface area contributed by atoms with Gasteiger partial charge in [0.1, 0.15) is 12.1 Å². The molecule has 26 heavy (non-hydrogen) atoms. The number of nitrogens with two attached hydrogens (primary N) is 1. The number of carbonyl (C=O) groups excluding carboxylic acids is 2. The van der Waals surface area contributed by atoms with Crippen molar-refractivity contribution < 1.29 is 9.59 Å². The van der Waals surface area contributed by atoms with Gasteiger partial charge in [-0.25, -0.2) is 9.97 Å². The smallest absolute Gasteiger partial charge is 0.239 e. The first-order valence-electron chi connectivity index (χ1n) is 7.71. The van der Waals surface area contributed by atoms with Crippen LogP contribution in [0.25, 0.3) is 5.82 Å².